The van der Waals surface area contributed by atoms with Gasteiger partial charge in [0.1, 0.15) is 0 Å². The van der Waals surface area contributed by atoms with Crippen molar-refractivity contribution in [1.82, 2.24) is 4.57 Å². The molecule has 0 unspecified atom stereocenters. The van der Waals surface area contributed by atoms with Gasteiger partial charge in [-0.15, -0.1) is 0 Å². The fourth-order valence-corrected chi connectivity index (χ4v) is 4.57. The van der Waals surface area contributed by atoms with Gasteiger partial charge in [0.05, 0.1) is 6.42 Å². The van der Waals surface area contributed by atoms with Crippen molar-refractivity contribution in [2.45, 2.75) is 32.6 Å². The lowest BCUT2D eigenvalue weighted by molar-refractivity contribution is -0.135. The fraction of sp³-hybridized carbons (Fsp3) is 0.200. The summed E-state index contributed by atoms with van der Waals surface area (Å²) in [5, 5.41) is 2.88. The Balaban J connectivity index is 1.70. The summed E-state index contributed by atoms with van der Waals surface area (Å²) in [7, 11) is -1.91. The number of para-hydroxylation sites is 1. The van der Waals surface area contributed by atoms with E-state index in [1.807, 2.05) is 97.1 Å². The fourth-order valence-electron chi connectivity index (χ4n) is 3.79. The Morgan fingerprint density at radius 3 is 2.27 bits per heavy atom. The molecular formula is C25H25NO3Si. The average molecular weight is 416 g/mol. The van der Waals surface area contributed by atoms with Gasteiger partial charge >= 0.3 is 0 Å². The Bertz CT molecular complexity index is 1240. The lowest BCUT2D eigenvalue weighted by Crippen LogP contribution is -2.29. The lowest BCUT2D eigenvalue weighted by Gasteiger charge is -2.17. The van der Waals surface area contributed by atoms with Crippen molar-refractivity contribution >= 4 is 41.7 Å². The van der Waals surface area contributed by atoms with Crippen molar-refractivity contribution in [3.8, 4) is 0 Å². The third kappa shape index (κ3) is 4.07. The van der Waals surface area contributed by atoms with Crippen LogP contribution in [-0.2, 0) is 15.8 Å². The van der Waals surface area contributed by atoms with Gasteiger partial charge in [-0.05, 0) is 36.5 Å². The third-order valence-corrected chi connectivity index (χ3v) is 5.88. The number of aryl methyl sites for hydroxylation is 1. The van der Waals surface area contributed by atoms with Crippen molar-refractivity contribution in [1.29, 1.82) is 0 Å². The largest absolute Gasteiger partial charge is 0.520 e. The summed E-state index contributed by atoms with van der Waals surface area (Å²) >= 11 is 0. The number of nitrogens with zero attached hydrogens (tertiary/aromatic N) is 1. The minimum atomic E-state index is -1.91. The molecule has 0 aliphatic rings. The highest BCUT2D eigenvalue weighted by Crippen LogP contribution is 2.27. The highest BCUT2D eigenvalue weighted by atomic mass is 28.4. The summed E-state index contributed by atoms with van der Waals surface area (Å²) < 4.78 is 7.55. The molecule has 1 aromatic heterocycles. The molecule has 152 valence electrons. The molecule has 4 aromatic rings. The monoisotopic (exact) mass is 415 g/mol. The number of hydrogen-bond donors (Lipinski definition) is 0. The number of rotatable bonds is 6. The molecule has 4 rings (SSSR count). The number of carbonyl (C=O) groups excluding carboxylic acids is 2. The summed E-state index contributed by atoms with van der Waals surface area (Å²) in [5.41, 5.74) is 2.29. The van der Waals surface area contributed by atoms with Gasteiger partial charge in [0.15, 0.2) is 5.78 Å². The lowest BCUT2D eigenvalue weighted by atomic mass is 9.97. The van der Waals surface area contributed by atoms with E-state index in [0.29, 0.717) is 17.7 Å². The second-order valence-corrected chi connectivity index (χ2v) is 12.9. The van der Waals surface area contributed by atoms with Crippen molar-refractivity contribution in [2.24, 2.45) is 0 Å². The molecule has 0 N–H and O–H groups in total. The standard InChI is InChI=1S/C25H25NO3Si/c1-30(2,3)29-24(27)15-16-26-17-22(20-12-6-7-14-23(20)26)25(28)21-13-8-10-18-9-4-5-11-19(18)21/h4-14,17H,15-16H2,1-3H3. The number of hydrogen-bond acceptors (Lipinski definition) is 3. The molecule has 0 fully saturated rings. The summed E-state index contributed by atoms with van der Waals surface area (Å²) in [6.45, 7) is 6.47. The number of carbonyl (C=O) groups is 2. The third-order valence-electron chi connectivity index (χ3n) is 5.04. The van der Waals surface area contributed by atoms with Gasteiger partial charge in [0.2, 0.25) is 8.32 Å². The van der Waals surface area contributed by atoms with E-state index < -0.39 is 8.32 Å². The Kier molecular flexibility index (Phi) is 5.30. The molecule has 0 aliphatic heterocycles. The van der Waals surface area contributed by atoms with E-state index in [0.717, 1.165) is 21.7 Å². The first kappa shape index (κ1) is 20.1. The second-order valence-electron chi connectivity index (χ2n) is 8.45. The molecule has 0 atom stereocenters. The SMILES string of the molecule is C[Si](C)(C)OC(=O)CCn1cc(C(=O)c2cccc3ccccc23)c2ccccc21. The topological polar surface area (TPSA) is 48.3 Å². The van der Waals surface area contributed by atoms with Crippen LogP contribution in [0.3, 0.4) is 0 Å². The maximum atomic E-state index is 13.5. The molecule has 0 saturated heterocycles. The van der Waals surface area contributed by atoms with Crippen LogP contribution in [0.15, 0.2) is 72.9 Å². The second kappa shape index (κ2) is 7.92. The molecule has 4 nitrogen and oxygen atoms in total. The molecule has 0 spiro atoms. The van der Waals surface area contributed by atoms with Crippen molar-refractivity contribution < 1.29 is 14.0 Å². The maximum Gasteiger partial charge on any atom is 0.294 e. The maximum absolute atomic E-state index is 13.5. The molecule has 0 amide bonds. The molecule has 0 aliphatic carbocycles. The van der Waals surface area contributed by atoms with Crippen LogP contribution in [0.25, 0.3) is 21.7 Å². The summed E-state index contributed by atoms with van der Waals surface area (Å²) in [6, 6.07) is 21.6. The molecular weight excluding hydrogens is 390 g/mol. The highest BCUT2D eigenvalue weighted by molar-refractivity contribution is 6.71. The zero-order valence-electron chi connectivity index (χ0n) is 17.5. The van der Waals surface area contributed by atoms with Crippen molar-refractivity contribution in [2.75, 3.05) is 0 Å². The van der Waals surface area contributed by atoms with Gasteiger partial charge < -0.3 is 8.99 Å². The first-order valence-electron chi connectivity index (χ1n) is 10.2. The van der Waals surface area contributed by atoms with E-state index in [1.54, 1.807) is 0 Å². The Hall–Kier alpha value is -3.18. The number of ketones is 1. The number of benzene rings is 3. The summed E-state index contributed by atoms with van der Waals surface area (Å²) in [5.74, 6) is -0.194. The molecule has 1 heterocycles. The van der Waals surface area contributed by atoms with Crippen LogP contribution in [0.1, 0.15) is 22.3 Å². The van der Waals surface area contributed by atoms with Gasteiger partial charge in [-0.2, -0.15) is 0 Å². The zero-order chi connectivity index (χ0) is 21.3. The van der Waals surface area contributed by atoms with E-state index in [4.69, 9.17) is 4.43 Å². The van der Waals surface area contributed by atoms with Crippen LogP contribution < -0.4 is 0 Å². The van der Waals surface area contributed by atoms with Crippen LogP contribution in [0.2, 0.25) is 19.6 Å². The molecule has 0 bridgehead atoms. The smallest absolute Gasteiger partial charge is 0.294 e. The number of aromatic nitrogens is 1. The Labute approximate surface area is 177 Å². The average Bonchev–Trinajstić information content (AvgIpc) is 3.09. The van der Waals surface area contributed by atoms with Crippen molar-refractivity contribution in [3.05, 3.63) is 84.1 Å². The first-order valence-corrected chi connectivity index (χ1v) is 13.6. The molecule has 3 aromatic carbocycles. The van der Waals surface area contributed by atoms with Gasteiger partial charge in [0.25, 0.3) is 5.97 Å². The summed E-state index contributed by atoms with van der Waals surface area (Å²) in [6.07, 6.45) is 2.15. The van der Waals surface area contributed by atoms with Crippen LogP contribution in [0.5, 0.6) is 0 Å². The first-order chi connectivity index (χ1) is 14.3. The Morgan fingerprint density at radius 2 is 1.50 bits per heavy atom. The molecule has 0 saturated carbocycles. The highest BCUT2D eigenvalue weighted by Gasteiger charge is 2.21. The van der Waals surface area contributed by atoms with Gasteiger partial charge in [-0.1, -0.05) is 60.7 Å². The van der Waals surface area contributed by atoms with Gasteiger partial charge in [-0.25, -0.2) is 0 Å². The van der Waals surface area contributed by atoms with E-state index in [1.165, 1.54) is 0 Å². The van der Waals surface area contributed by atoms with E-state index >= 15 is 0 Å². The van der Waals surface area contributed by atoms with Crippen LogP contribution in [-0.4, -0.2) is 24.6 Å². The van der Waals surface area contributed by atoms with Gasteiger partial charge in [-0.3, -0.25) is 9.59 Å². The molecule has 5 heteroatoms. The van der Waals surface area contributed by atoms with Crippen LogP contribution in [0, 0.1) is 0 Å². The molecule has 30 heavy (non-hydrogen) atoms. The van der Waals surface area contributed by atoms with E-state index in [2.05, 4.69) is 0 Å². The predicted octanol–water partition coefficient (Wildman–Crippen LogP) is 5.79. The van der Waals surface area contributed by atoms with Crippen LogP contribution >= 0.6 is 0 Å². The predicted molar refractivity (Wildman–Crippen MR) is 123 cm³/mol. The van der Waals surface area contributed by atoms with E-state index in [9.17, 15) is 9.59 Å². The van der Waals surface area contributed by atoms with Crippen LogP contribution in [0.4, 0.5) is 0 Å². The molecule has 0 radical (unpaired) electrons. The summed E-state index contributed by atoms with van der Waals surface area (Å²) in [4.78, 5) is 25.7. The Morgan fingerprint density at radius 1 is 0.833 bits per heavy atom. The normalized spacial score (nSPS) is 11.7. The quantitative estimate of drug-likeness (QED) is 0.296. The zero-order valence-corrected chi connectivity index (χ0v) is 18.5. The number of fused-ring (bicyclic) bond motifs is 2. The minimum absolute atomic E-state index is 0.00794. The van der Waals surface area contributed by atoms with Gasteiger partial charge in [0, 0.05) is 34.8 Å². The van der Waals surface area contributed by atoms with E-state index in [-0.39, 0.29) is 18.2 Å². The van der Waals surface area contributed by atoms with Crippen molar-refractivity contribution in [3.63, 3.8) is 0 Å². The minimum Gasteiger partial charge on any atom is -0.520 e.